The monoisotopic (exact) mass is 467 g/mol. The number of hydrogen-bond donors (Lipinski definition) is 1. The first-order valence-electron chi connectivity index (χ1n) is 11.4. The van der Waals surface area contributed by atoms with Gasteiger partial charge in [-0.2, -0.15) is 5.10 Å². The molecule has 0 atom stereocenters. The summed E-state index contributed by atoms with van der Waals surface area (Å²) in [6.07, 6.45) is 1.73. The van der Waals surface area contributed by atoms with Crippen LogP contribution in [0.3, 0.4) is 0 Å². The van der Waals surface area contributed by atoms with Crippen molar-refractivity contribution in [1.29, 1.82) is 0 Å². The highest BCUT2D eigenvalue weighted by atomic mass is 35.5. The van der Waals surface area contributed by atoms with E-state index in [4.69, 9.17) is 16.7 Å². The molecule has 1 N–H and O–H groups in total. The maximum atomic E-state index is 12.9. The largest absolute Gasteiger partial charge is 0.346 e. The molecule has 0 radical (unpaired) electrons. The molecule has 1 amide bonds. The summed E-state index contributed by atoms with van der Waals surface area (Å²) >= 11 is 6.15. The van der Waals surface area contributed by atoms with E-state index in [2.05, 4.69) is 10.2 Å². The van der Waals surface area contributed by atoms with Gasteiger partial charge in [-0.15, -0.1) is 0 Å². The normalized spacial score (nSPS) is 15.0. The van der Waals surface area contributed by atoms with Crippen LogP contribution in [0.1, 0.15) is 42.6 Å². The Hall–Kier alpha value is -2.90. The van der Waals surface area contributed by atoms with Crippen molar-refractivity contribution >= 4 is 23.2 Å². The predicted molar refractivity (Wildman–Crippen MR) is 131 cm³/mol. The van der Waals surface area contributed by atoms with Gasteiger partial charge in [0, 0.05) is 23.2 Å². The van der Waals surface area contributed by atoms with Gasteiger partial charge in [0.15, 0.2) is 0 Å². The lowest BCUT2D eigenvalue weighted by Crippen LogP contribution is -2.39. The van der Waals surface area contributed by atoms with Crippen LogP contribution >= 0.6 is 11.6 Å². The number of nitrogens with zero attached hydrogens (tertiary/aromatic N) is 4. The van der Waals surface area contributed by atoms with Gasteiger partial charge in [0.1, 0.15) is 5.82 Å². The van der Waals surface area contributed by atoms with Crippen molar-refractivity contribution in [2.45, 2.75) is 45.7 Å². The van der Waals surface area contributed by atoms with E-state index in [1.807, 2.05) is 56.3 Å². The summed E-state index contributed by atoms with van der Waals surface area (Å²) in [6, 6.07) is 15.4. The van der Waals surface area contributed by atoms with E-state index in [0.717, 1.165) is 42.9 Å². The fourth-order valence-corrected chi connectivity index (χ4v) is 4.52. The lowest BCUT2D eigenvalue weighted by atomic mass is 9.96. The third-order valence-corrected chi connectivity index (χ3v) is 6.63. The molecule has 1 aliphatic rings. The number of amides is 1. The number of nitrogens with one attached hydrogen (secondary N) is 1. The fourth-order valence-electron chi connectivity index (χ4n) is 4.34. The number of halogens is 1. The van der Waals surface area contributed by atoms with E-state index in [9.17, 15) is 9.59 Å². The van der Waals surface area contributed by atoms with Crippen molar-refractivity contribution < 1.29 is 4.79 Å². The average molecular weight is 468 g/mol. The first-order chi connectivity index (χ1) is 15.9. The highest BCUT2D eigenvalue weighted by molar-refractivity contribution is 6.31. The van der Waals surface area contributed by atoms with Gasteiger partial charge in [0.05, 0.1) is 13.1 Å². The molecule has 0 saturated carbocycles. The highest BCUT2D eigenvalue weighted by Crippen LogP contribution is 2.26. The lowest BCUT2D eigenvalue weighted by Gasteiger charge is -2.30. The van der Waals surface area contributed by atoms with Gasteiger partial charge < -0.3 is 5.32 Å². The van der Waals surface area contributed by atoms with Crippen LogP contribution in [0.4, 0.5) is 5.69 Å². The molecule has 0 bridgehead atoms. The van der Waals surface area contributed by atoms with Crippen molar-refractivity contribution in [3.63, 3.8) is 0 Å². The molecule has 1 aliphatic heterocycles. The van der Waals surface area contributed by atoms with Crippen molar-refractivity contribution in [1.82, 2.24) is 19.2 Å². The molecule has 174 valence electrons. The van der Waals surface area contributed by atoms with E-state index < -0.39 is 0 Å². The Morgan fingerprint density at radius 3 is 2.55 bits per heavy atom. The summed E-state index contributed by atoms with van der Waals surface area (Å²) in [5, 5.41) is 8.28. The number of piperidine rings is 1. The number of hydrogen-bond acceptors (Lipinski definition) is 4. The van der Waals surface area contributed by atoms with Gasteiger partial charge in [-0.3, -0.25) is 14.3 Å². The SMILES string of the molecule is CCn1c(C2CCN(CC(=O)Nc3ccc(C)c(Cl)c3)CC2)nn(Cc2ccccc2)c1=O. The molecule has 1 aromatic heterocycles. The minimum atomic E-state index is -0.0603. The quantitative estimate of drug-likeness (QED) is 0.572. The second-order valence-electron chi connectivity index (χ2n) is 8.59. The Morgan fingerprint density at radius 2 is 1.88 bits per heavy atom. The Morgan fingerprint density at radius 1 is 1.15 bits per heavy atom. The number of benzene rings is 2. The van der Waals surface area contributed by atoms with Crippen LogP contribution in [0.2, 0.25) is 5.02 Å². The van der Waals surface area contributed by atoms with Gasteiger partial charge in [-0.05, 0) is 63.0 Å². The predicted octanol–water partition coefficient (Wildman–Crippen LogP) is 3.89. The van der Waals surface area contributed by atoms with Gasteiger partial charge in [0.25, 0.3) is 0 Å². The van der Waals surface area contributed by atoms with Crippen LogP contribution in [0, 0.1) is 6.92 Å². The van der Waals surface area contributed by atoms with Crippen LogP contribution in [-0.4, -0.2) is 44.8 Å². The standard InChI is InChI=1S/C25H30ClN5O2/c1-3-30-24(28-31(25(30)33)16-19-7-5-4-6-8-19)20-11-13-29(14-12-20)17-23(32)27-21-10-9-18(2)22(26)15-21/h4-10,15,20H,3,11-14,16-17H2,1-2H3,(H,27,32). The van der Waals surface area contributed by atoms with Gasteiger partial charge in [-0.25, -0.2) is 9.48 Å². The third kappa shape index (κ3) is 5.54. The molecule has 33 heavy (non-hydrogen) atoms. The van der Waals surface area contributed by atoms with E-state index in [-0.39, 0.29) is 17.5 Å². The molecule has 1 fully saturated rings. The fraction of sp³-hybridized carbons (Fsp3) is 0.400. The number of likely N-dealkylation sites (tertiary alicyclic amines) is 1. The van der Waals surface area contributed by atoms with E-state index in [1.54, 1.807) is 15.3 Å². The first kappa shape index (κ1) is 23.3. The van der Waals surface area contributed by atoms with Crippen LogP contribution in [-0.2, 0) is 17.9 Å². The summed E-state index contributed by atoms with van der Waals surface area (Å²) in [6.45, 7) is 6.90. The molecular weight excluding hydrogens is 438 g/mol. The van der Waals surface area contributed by atoms with E-state index >= 15 is 0 Å². The Labute approximate surface area is 199 Å². The van der Waals surface area contributed by atoms with Crippen LogP contribution in [0.25, 0.3) is 0 Å². The topological polar surface area (TPSA) is 72.2 Å². The molecular formula is C25H30ClN5O2. The summed E-state index contributed by atoms with van der Waals surface area (Å²) in [5.41, 5.74) is 2.69. The number of aromatic nitrogens is 3. The number of rotatable bonds is 7. The van der Waals surface area contributed by atoms with Crippen molar-refractivity contribution in [2.75, 3.05) is 25.0 Å². The second kappa shape index (κ2) is 10.4. The zero-order valence-electron chi connectivity index (χ0n) is 19.1. The molecule has 1 saturated heterocycles. The average Bonchev–Trinajstić information content (AvgIpc) is 3.12. The Balaban J connectivity index is 1.36. The lowest BCUT2D eigenvalue weighted by molar-refractivity contribution is -0.117. The molecule has 0 unspecified atom stereocenters. The maximum absolute atomic E-state index is 12.9. The van der Waals surface area contributed by atoms with Crippen molar-refractivity contribution in [3.05, 3.63) is 81.0 Å². The highest BCUT2D eigenvalue weighted by Gasteiger charge is 2.27. The summed E-state index contributed by atoms with van der Waals surface area (Å²) in [5.74, 6) is 1.02. The van der Waals surface area contributed by atoms with Gasteiger partial charge >= 0.3 is 5.69 Å². The molecule has 0 aliphatic carbocycles. The smallest absolute Gasteiger partial charge is 0.325 e. The van der Waals surface area contributed by atoms with Crippen LogP contribution < -0.4 is 11.0 Å². The summed E-state index contributed by atoms with van der Waals surface area (Å²) in [7, 11) is 0. The minimum Gasteiger partial charge on any atom is -0.325 e. The van der Waals surface area contributed by atoms with Crippen LogP contribution in [0.15, 0.2) is 53.3 Å². The molecule has 7 nitrogen and oxygen atoms in total. The molecule has 2 aromatic carbocycles. The van der Waals surface area contributed by atoms with E-state index in [0.29, 0.717) is 30.3 Å². The van der Waals surface area contributed by atoms with Crippen molar-refractivity contribution in [2.24, 2.45) is 0 Å². The maximum Gasteiger partial charge on any atom is 0.346 e. The Kier molecular flexibility index (Phi) is 7.30. The number of carbonyl (C=O) groups excluding carboxylic acids is 1. The molecule has 3 aromatic rings. The zero-order valence-corrected chi connectivity index (χ0v) is 19.9. The van der Waals surface area contributed by atoms with Crippen molar-refractivity contribution in [3.8, 4) is 0 Å². The second-order valence-corrected chi connectivity index (χ2v) is 9.00. The third-order valence-electron chi connectivity index (χ3n) is 6.22. The number of anilines is 1. The van der Waals surface area contributed by atoms with E-state index in [1.165, 1.54) is 0 Å². The number of aryl methyl sites for hydroxylation is 1. The van der Waals surface area contributed by atoms with Crippen LogP contribution in [0.5, 0.6) is 0 Å². The van der Waals surface area contributed by atoms with Gasteiger partial charge in [-0.1, -0.05) is 48.0 Å². The zero-order chi connectivity index (χ0) is 23.4. The molecule has 4 rings (SSSR count). The molecule has 2 heterocycles. The number of carbonyl (C=O) groups is 1. The summed E-state index contributed by atoms with van der Waals surface area (Å²) < 4.78 is 3.36. The Bertz CT molecular complexity index is 1160. The molecule has 0 spiro atoms. The summed E-state index contributed by atoms with van der Waals surface area (Å²) in [4.78, 5) is 27.5. The molecule has 8 heteroatoms. The van der Waals surface area contributed by atoms with Gasteiger partial charge in [0.2, 0.25) is 5.91 Å². The first-order valence-corrected chi connectivity index (χ1v) is 11.8. The minimum absolute atomic E-state index is 0.0500.